The highest BCUT2D eigenvalue weighted by atomic mass is 32.2. The molecule has 0 amide bonds. The molecule has 0 saturated carbocycles. The molecule has 5 nitrogen and oxygen atoms in total. The Morgan fingerprint density at radius 3 is 2.67 bits per heavy atom. The second-order valence-electron chi connectivity index (χ2n) is 5.82. The van der Waals surface area contributed by atoms with E-state index < -0.39 is 15.6 Å². The van der Waals surface area contributed by atoms with E-state index in [2.05, 4.69) is 4.72 Å². The number of aliphatic hydroxyl groups is 1. The normalized spacial score (nSPS) is 14.8. The first-order chi connectivity index (χ1) is 11.3. The summed E-state index contributed by atoms with van der Waals surface area (Å²) in [6.07, 6.45) is 0.789. The maximum atomic E-state index is 12.4. The van der Waals surface area contributed by atoms with Gasteiger partial charge in [-0.3, -0.25) is 0 Å². The average Bonchev–Trinajstić information content (AvgIpc) is 3.20. The minimum Gasteiger partial charge on any atom is -0.458 e. The van der Waals surface area contributed by atoms with E-state index in [0.29, 0.717) is 11.3 Å². The number of sulfonamides is 1. The molecule has 0 bridgehead atoms. The van der Waals surface area contributed by atoms with Crippen molar-refractivity contribution in [1.82, 2.24) is 4.72 Å². The van der Waals surface area contributed by atoms with E-state index in [-0.39, 0.29) is 10.8 Å². The highest BCUT2D eigenvalue weighted by Gasteiger charge is 2.30. The average molecular weight is 365 g/mol. The number of nitrogens with one attached hydrogen (secondary N) is 1. The van der Waals surface area contributed by atoms with Crippen molar-refractivity contribution < 1.29 is 17.9 Å². The Balaban J connectivity index is 1.78. The third-order valence-corrected chi connectivity index (χ3v) is 6.94. The van der Waals surface area contributed by atoms with Gasteiger partial charge >= 0.3 is 0 Å². The summed E-state index contributed by atoms with van der Waals surface area (Å²) in [5.74, 6) is 0.326. The topological polar surface area (TPSA) is 79.5 Å². The number of rotatable bonds is 6. The number of aryl methyl sites for hydroxylation is 1. The Morgan fingerprint density at radius 2 is 2.00 bits per heavy atom. The monoisotopic (exact) mass is 365 g/mol. The molecule has 0 aliphatic rings. The summed E-state index contributed by atoms with van der Waals surface area (Å²) >= 11 is 1.23. The predicted molar refractivity (Wildman–Crippen MR) is 94.7 cm³/mol. The molecule has 0 saturated heterocycles. The summed E-state index contributed by atoms with van der Waals surface area (Å²) in [7, 11) is -3.65. The Morgan fingerprint density at radius 1 is 1.25 bits per heavy atom. The number of hydrogen-bond acceptors (Lipinski definition) is 5. The lowest BCUT2D eigenvalue weighted by atomic mass is 10.0. The fourth-order valence-electron chi connectivity index (χ4n) is 2.33. The van der Waals surface area contributed by atoms with Crippen LogP contribution in [0.15, 0.2) is 51.1 Å². The van der Waals surface area contributed by atoms with Crippen LogP contribution in [0.1, 0.15) is 24.5 Å². The van der Waals surface area contributed by atoms with Crippen LogP contribution in [0.4, 0.5) is 0 Å². The Bertz CT molecular complexity index is 921. The molecule has 0 aliphatic carbocycles. The van der Waals surface area contributed by atoms with Gasteiger partial charge in [0.1, 0.15) is 21.2 Å². The number of hydrogen-bond donors (Lipinski definition) is 2. The number of thiophene rings is 1. The molecule has 1 aromatic carbocycles. The van der Waals surface area contributed by atoms with Gasteiger partial charge in [0.2, 0.25) is 10.0 Å². The van der Waals surface area contributed by atoms with Crippen molar-refractivity contribution in [1.29, 1.82) is 0 Å². The lowest BCUT2D eigenvalue weighted by Gasteiger charge is -2.20. The lowest BCUT2D eigenvalue weighted by Crippen LogP contribution is -2.38. The zero-order valence-electron chi connectivity index (χ0n) is 13.4. The van der Waals surface area contributed by atoms with Gasteiger partial charge in [0.15, 0.2) is 0 Å². The largest absolute Gasteiger partial charge is 0.458 e. The van der Waals surface area contributed by atoms with E-state index in [1.165, 1.54) is 18.3 Å². The first-order valence-corrected chi connectivity index (χ1v) is 9.91. The van der Waals surface area contributed by atoms with Gasteiger partial charge in [0, 0.05) is 16.8 Å². The maximum Gasteiger partial charge on any atom is 0.250 e. The van der Waals surface area contributed by atoms with E-state index in [9.17, 15) is 13.5 Å². The van der Waals surface area contributed by atoms with E-state index in [4.69, 9.17) is 4.42 Å². The van der Waals surface area contributed by atoms with Gasteiger partial charge in [0.05, 0.1) is 0 Å². The fourth-order valence-corrected chi connectivity index (χ4v) is 4.81. The first kappa shape index (κ1) is 17.2. The third-order valence-electron chi connectivity index (χ3n) is 3.81. The molecule has 0 fully saturated rings. The maximum absolute atomic E-state index is 12.4. The zero-order chi connectivity index (χ0) is 17.4. The lowest BCUT2D eigenvalue weighted by molar-refractivity contribution is 0.0412. The van der Waals surface area contributed by atoms with Crippen molar-refractivity contribution in [2.24, 2.45) is 0 Å². The number of para-hydroxylation sites is 1. The van der Waals surface area contributed by atoms with E-state index in [1.807, 2.05) is 25.1 Å². The van der Waals surface area contributed by atoms with E-state index in [0.717, 1.165) is 16.7 Å². The molecule has 0 spiro atoms. The summed E-state index contributed by atoms with van der Waals surface area (Å²) in [4.78, 5) is 0.999. The van der Waals surface area contributed by atoms with Crippen molar-refractivity contribution in [3.8, 4) is 0 Å². The molecule has 2 heterocycles. The molecule has 2 aromatic heterocycles. The van der Waals surface area contributed by atoms with Crippen LogP contribution < -0.4 is 4.72 Å². The van der Waals surface area contributed by atoms with Crippen LogP contribution >= 0.6 is 11.3 Å². The first-order valence-electron chi connectivity index (χ1n) is 7.61. The standard InChI is InChI=1S/C17H19NO4S2/c1-3-13-8-9-16(23-13)24(20,21)18-11-17(2,19)15-10-12-6-4-5-7-14(12)22-15/h4-10,18-19H,3,11H2,1-2H3. The molecular formula is C17H19NO4S2. The van der Waals surface area contributed by atoms with Crippen LogP contribution in [0, 0.1) is 0 Å². The second-order valence-corrected chi connectivity index (χ2v) is 8.98. The fraction of sp³-hybridized carbons (Fsp3) is 0.294. The molecule has 128 valence electrons. The quantitative estimate of drug-likeness (QED) is 0.703. The molecular weight excluding hydrogens is 346 g/mol. The SMILES string of the molecule is CCc1ccc(S(=O)(=O)NCC(C)(O)c2cc3ccccc3o2)s1. The van der Waals surface area contributed by atoms with Crippen molar-refractivity contribution in [2.75, 3.05) is 6.54 Å². The van der Waals surface area contributed by atoms with Gasteiger partial charge in [-0.1, -0.05) is 25.1 Å². The van der Waals surface area contributed by atoms with Crippen molar-refractivity contribution in [3.63, 3.8) is 0 Å². The molecule has 1 unspecified atom stereocenters. The number of furan rings is 1. The second kappa shape index (κ2) is 6.33. The van der Waals surface area contributed by atoms with Crippen LogP contribution in [0.2, 0.25) is 0 Å². The highest BCUT2D eigenvalue weighted by Crippen LogP contribution is 2.28. The molecule has 0 radical (unpaired) electrons. The van der Waals surface area contributed by atoms with Gasteiger partial charge in [-0.15, -0.1) is 11.3 Å². The third kappa shape index (κ3) is 3.39. The van der Waals surface area contributed by atoms with Gasteiger partial charge in [-0.25, -0.2) is 13.1 Å². The summed E-state index contributed by atoms with van der Waals surface area (Å²) < 4.78 is 33.1. The number of benzene rings is 1. The molecule has 3 aromatic rings. The summed E-state index contributed by atoms with van der Waals surface area (Å²) in [5.41, 5.74) is -0.793. The van der Waals surface area contributed by atoms with Crippen molar-refractivity contribution in [2.45, 2.75) is 30.1 Å². The zero-order valence-corrected chi connectivity index (χ0v) is 15.1. The molecule has 3 rings (SSSR count). The molecule has 2 N–H and O–H groups in total. The Kier molecular flexibility index (Phi) is 4.52. The number of fused-ring (bicyclic) bond motifs is 1. The van der Waals surface area contributed by atoms with Gasteiger partial charge in [-0.05, 0) is 37.6 Å². The summed E-state index contributed by atoms with van der Waals surface area (Å²) in [6.45, 7) is 3.33. The Hall–Kier alpha value is -1.67. The molecule has 0 aliphatic heterocycles. The van der Waals surface area contributed by atoms with E-state index in [1.54, 1.807) is 24.3 Å². The van der Waals surface area contributed by atoms with Gasteiger partial charge in [0.25, 0.3) is 0 Å². The smallest absolute Gasteiger partial charge is 0.250 e. The van der Waals surface area contributed by atoms with E-state index >= 15 is 0 Å². The van der Waals surface area contributed by atoms with Crippen LogP contribution in [0.3, 0.4) is 0 Å². The predicted octanol–water partition coefficient (Wildman–Crippen LogP) is 3.24. The van der Waals surface area contributed by atoms with Crippen molar-refractivity contribution >= 4 is 32.3 Å². The van der Waals surface area contributed by atoms with Crippen LogP contribution in [0.25, 0.3) is 11.0 Å². The van der Waals surface area contributed by atoms with Crippen LogP contribution in [-0.2, 0) is 22.0 Å². The minimum absolute atomic E-state index is 0.172. The van der Waals surface area contributed by atoms with Gasteiger partial charge < -0.3 is 9.52 Å². The molecule has 1 atom stereocenters. The molecule has 24 heavy (non-hydrogen) atoms. The summed E-state index contributed by atoms with van der Waals surface area (Å²) in [5, 5.41) is 11.5. The van der Waals surface area contributed by atoms with Crippen molar-refractivity contribution in [3.05, 3.63) is 53.1 Å². The minimum atomic E-state index is -3.65. The highest BCUT2D eigenvalue weighted by molar-refractivity contribution is 7.91. The van der Waals surface area contributed by atoms with Crippen LogP contribution in [0.5, 0.6) is 0 Å². The van der Waals surface area contributed by atoms with Gasteiger partial charge in [-0.2, -0.15) is 0 Å². The molecule has 7 heteroatoms. The Labute approximate surface area is 145 Å². The summed E-state index contributed by atoms with van der Waals surface area (Å²) in [6, 6.07) is 12.5. The van der Waals surface area contributed by atoms with Crippen LogP contribution in [-0.4, -0.2) is 20.1 Å².